The normalized spacial score (nSPS) is 11.1. The summed E-state index contributed by atoms with van der Waals surface area (Å²) < 4.78 is 8.21. The Bertz CT molecular complexity index is 917. The Hall–Kier alpha value is -3.09. The number of benzene rings is 1. The molecule has 0 radical (unpaired) electrons. The van der Waals surface area contributed by atoms with E-state index >= 15 is 0 Å². The van der Waals surface area contributed by atoms with Crippen molar-refractivity contribution >= 4 is 5.97 Å². The van der Waals surface area contributed by atoms with Gasteiger partial charge >= 0.3 is 11.7 Å². The van der Waals surface area contributed by atoms with Crippen LogP contribution < -0.4 is 5.69 Å². The Labute approximate surface area is 131 Å². The summed E-state index contributed by atoms with van der Waals surface area (Å²) in [5.41, 5.74) is 1.02. The molecule has 3 aromatic rings. The van der Waals surface area contributed by atoms with Crippen LogP contribution in [0, 0.1) is 0 Å². The summed E-state index contributed by atoms with van der Waals surface area (Å²) >= 11 is 0. The topological polar surface area (TPSA) is 90.3 Å². The molecule has 7 nitrogen and oxygen atoms in total. The molecule has 0 amide bonds. The Morgan fingerprint density at radius 3 is 2.65 bits per heavy atom. The summed E-state index contributed by atoms with van der Waals surface area (Å²) in [5.74, 6) is -0.818. The van der Waals surface area contributed by atoms with Crippen LogP contribution >= 0.6 is 0 Å². The van der Waals surface area contributed by atoms with E-state index in [0.29, 0.717) is 17.0 Å². The lowest BCUT2D eigenvalue weighted by Crippen LogP contribution is -2.24. The summed E-state index contributed by atoms with van der Waals surface area (Å²) in [5, 5.41) is 12.4. The fourth-order valence-corrected chi connectivity index (χ4v) is 2.30. The molecule has 1 aromatic carbocycles. The molecular formula is C16H15N3O4. The fourth-order valence-electron chi connectivity index (χ4n) is 2.30. The predicted molar refractivity (Wildman–Crippen MR) is 82.9 cm³/mol. The maximum atomic E-state index is 12.4. The minimum absolute atomic E-state index is 0.0688. The SMILES string of the molecule is CC(C)n1ccn(-c2cccc(-c3cc(C(=O)O)no3)c2)c1=O. The second-order valence-corrected chi connectivity index (χ2v) is 5.38. The van der Waals surface area contributed by atoms with Gasteiger partial charge in [0.1, 0.15) is 0 Å². The van der Waals surface area contributed by atoms with Crippen LogP contribution in [-0.2, 0) is 0 Å². The monoisotopic (exact) mass is 313 g/mol. The number of carbonyl (C=O) groups is 1. The van der Waals surface area contributed by atoms with E-state index in [1.807, 2.05) is 13.8 Å². The van der Waals surface area contributed by atoms with E-state index in [4.69, 9.17) is 9.63 Å². The first-order valence-corrected chi connectivity index (χ1v) is 7.07. The molecule has 0 saturated heterocycles. The molecule has 2 heterocycles. The van der Waals surface area contributed by atoms with Crippen LogP contribution in [0.1, 0.15) is 30.4 Å². The second-order valence-electron chi connectivity index (χ2n) is 5.38. The van der Waals surface area contributed by atoms with Gasteiger partial charge in [0.2, 0.25) is 0 Å². The number of aromatic nitrogens is 3. The number of nitrogens with zero attached hydrogens (tertiary/aromatic N) is 3. The molecule has 23 heavy (non-hydrogen) atoms. The first-order chi connectivity index (χ1) is 11.0. The molecule has 1 N–H and O–H groups in total. The zero-order valence-corrected chi connectivity index (χ0v) is 12.6. The van der Waals surface area contributed by atoms with Gasteiger partial charge in [-0.2, -0.15) is 0 Å². The van der Waals surface area contributed by atoms with E-state index in [0.717, 1.165) is 0 Å². The van der Waals surface area contributed by atoms with Gasteiger partial charge in [0.05, 0.1) is 5.69 Å². The van der Waals surface area contributed by atoms with Gasteiger partial charge in [0, 0.05) is 30.1 Å². The van der Waals surface area contributed by atoms with Gasteiger partial charge in [-0.15, -0.1) is 0 Å². The molecule has 0 aliphatic heterocycles. The third kappa shape index (κ3) is 2.68. The second kappa shape index (κ2) is 5.60. The lowest BCUT2D eigenvalue weighted by Gasteiger charge is -2.06. The summed E-state index contributed by atoms with van der Waals surface area (Å²) in [6.07, 6.45) is 3.43. The number of carboxylic acid groups (broad SMARTS) is 1. The average Bonchev–Trinajstić information content (AvgIpc) is 3.14. The van der Waals surface area contributed by atoms with Crippen LogP contribution in [0.15, 0.2) is 52.0 Å². The molecule has 3 rings (SSSR count). The largest absolute Gasteiger partial charge is 0.476 e. The van der Waals surface area contributed by atoms with Gasteiger partial charge in [-0.25, -0.2) is 9.59 Å². The third-order valence-electron chi connectivity index (χ3n) is 3.50. The number of hydrogen-bond donors (Lipinski definition) is 1. The predicted octanol–water partition coefficient (Wildman–Crippen LogP) is 2.57. The Kier molecular flexibility index (Phi) is 3.61. The van der Waals surface area contributed by atoms with Crippen molar-refractivity contribution in [2.75, 3.05) is 0 Å². The zero-order valence-electron chi connectivity index (χ0n) is 12.6. The highest BCUT2D eigenvalue weighted by atomic mass is 16.5. The van der Waals surface area contributed by atoms with Gasteiger partial charge in [-0.1, -0.05) is 17.3 Å². The van der Waals surface area contributed by atoms with Gasteiger partial charge in [0.15, 0.2) is 11.5 Å². The Morgan fingerprint density at radius 2 is 2.04 bits per heavy atom. The van der Waals surface area contributed by atoms with E-state index in [-0.39, 0.29) is 17.4 Å². The van der Waals surface area contributed by atoms with E-state index in [9.17, 15) is 9.59 Å². The highest BCUT2D eigenvalue weighted by Gasteiger charge is 2.13. The summed E-state index contributed by atoms with van der Waals surface area (Å²) in [7, 11) is 0. The average molecular weight is 313 g/mol. The van der Waals surface area contributed by atoms with Crippen LogP contribution in [0.5, 0.6) is 0 Å². The molecule has 0 bridgehead atoms. The number of aromatic carboxylic acids is 1. The molecular weight excluding hydrogens is 298 g/mol. The van der Waals surface area contributed by atoms with E-state index in [1.165, 1.54) is 10.6 Å². The molecule has 0 aliphatic carbocycles. The van der Waals surface area contributed by atoms with Crippen molar-refractivity contribution in [2.45, 2.75) is 19.9 Å². The van der Waals surface area contributed by atoms with E-state index in [2.05, 4.69) is 5.16 Å². The molecule has 0 spiro atoms. The van der Waals surface area contributed by atoms with E-state index in [1.54, 1.807) is 41.2 Å². The standard InChI is InChI=1S/C16H15N3O4/c1-10(2)18-6-7-19(16(18)22)12-5-3-4-11(8-12)14-9-13(15(20)21)17-23-14/h3-10H,1-2H3,(H,20,21). The smallest absolute Gasteiger partial charge is 0.358 e. The minimum Gasteiger partial charge on any atom is -0.476 e. The van der Waals surface area contributed by atoms with Crippen molar-refractivity contribution in [3.63, 3.8) is 0 Å². The molecule has 0 fully saturated rings. The van der Waals surface area contributed by atoms with Crippen molar-refractivity contribution in [2.24, 2.45) is 0 Å². The quantitative estimate of drug-likeness (QED) is 0.799. The molecule has 118 valence electrons. The number of carboxylic acids is 1. The molecule has 2 aromatic heterocycles. The fraction of sp³-hybridized carbons (Fsp3) is 0.188. The molecule has 0 saturated carbocycles. The molecule has 7 heteroatoms. The zero-order chi connectivity index (χ0) is 16.6. The Morgan fingerprint density at radius 1 is 1.26 bits per heavy atom. The van der Waals surface area contributed by atoms with Gasteiger partial charge < -0.3 is 9.63 Å². The van der Waals surface area contributed by atoms with Crippen LogP contribution in [0.25, 0.3) is 17.0 Å². The van der Waals surface area contributed by atoms with Crippen LogP contribution in [-0.4, -0.2) is 25.4 Å². The van der Waals surface area contributed by atoms with Gasteiger partial charge in [0.25, 0.3) is 0 Å². The first-order valence-electron chi connectivity index (χ1n) is 7.07. The summed E-state index contributed by atoms with van der Waals surface area (Å²) in [6, 6.07) is 8.50. The van der Waals surface area contributed by atoms with Crippen molar-refractivity contribution in [1.82, 2.24) is 14.3 Å². The molecule has 0 aliphatic rings. The summed E-state index contributed by atoms with van der Waals surface area (Å²) in [4.78, 5) is 23.2. The lowest BCUT2D eigenvalue weighted by molar-refractivity contribution is 0.0686. The van der Waals surface area contributed by atoms with Crippen molar-refractivity contribution in [1.29, 1.82) is 0 Å². The molecule has 0 unspecified atom stereocenters. The Balaban J connectivity index is 2.03. The van der Waals surface area contributed by atoms with Crippen molar-refractivity contribution < 1.29 is 14.4 Å². The van der Waals surface area contributed by atoms with E-state index < -0.39 is 5.97 Å². The van der Waals surface area contributed by atoms with Gasteiger partial charge in [-0.05, 0) is 26.0 Å². The minimum atomic E-state index is -1.15. The highest BCUT2D eigenvalue weighted by molar-refractivity contribution is 5.86. The van der Waals surface area contributed by atoms with Gasteiger partial charge in [-0.3, -0.25) is 9.13 Å². The maximum absolute atomic E-state index is 12.4. The summed E-state index contributed by atoms with van der Waals surface area (Å²) in [6.45, 7) is 3.87. The molecule has 0 atom stereocenters. The number of hydrogen-bond acceptors (Lipinski definition) is 4. The van der Waals surface area contributed by atoms with Crippen LogP contribution in [0.2, 0.25) is 0 Å². The number of imidazole rings is 1. The van der Waals surface area contributed by atoms with Crippen LogP contribution in [0.3, 0.4) is 0 Å². The van der Waals surface area contributed by atoms with Crippen molar-refractivity contribution in [3.05, 3.63) is 58.9 Å². The number of rotatable bonds is 4. The van der Waals surface area contributed by atoms with Crippen molar-refractivity contribution in [3.8, 4) is 17.0 Å². The van der Waals surface area contributed by atoms with Crippen LogP contribution in [0.4, 0.5) is 0 Å². The third-order valence-corrected chi connectivity index (χ3v) is 3.50. The lowest BCUT2D eigenvalue weighted by atomic mass is 10.1. The first kappa shape index (κ1) is 14.8. The maximum Gasteiger partial charge on any atom is 0.358 e. The highest BCUT2D eigenvalue weighted by Crippen LogP contribution is 2.22.